The lowest BCUT2D eigenvalue weighted by atomic mass is 10.2. The van der Waals surface area contributed by atoms with Gasteiger partial charge < -0.3 is 14.8 Å². The smallest absolute Gasteiger partial charge is 0.246 e. The van der Waals surface area contributed by atoms with Crippen molar-refractivity contribution in [1.29, 1.82) is 0 Å². The van der Waals surface area contributed by atoms with Crippen LogP contribution in [-0.2, 0) is 16.6 Å². The van der Waals surface area contributed by atoms with Gasteiger partial charge in [-0.1, -0.05) is 0 Å². The lowest BCUT2D eigenvalue weighted by Crippen LogP contribution is -2.42. The second-order valence-electron chi connectivity index (χ2n) is 5.97. The molecule has 1 aliphatic heterocycles. The van der Waals surface area contributed by atoms with Crippen molar-refractivity contribution in [3.05, 3.63) is 30.0 Å². The van der Waals surface area contributed by atoms with Gasteiger partial charge in [0.2, 0.25) is 11.8 Å². The second-order valence-corrected chi connectivity index (χ2v) is 5.97. The molecule has 2 heterocycles. The van der Waals surface area contributed by atoms with Crippen LogP contribution < -0.4 is 5.32 Å². The summed E-state index contributed by atoms with van der Waals surface area (Å²) >= 11 is 0. The highest BCUT2D eigenvalue weighted by atomic mass is 16.2. The van der Waals surface area contributed by atoms with Gasteiger partial charge in [0, 0.05) is 42.3 Å². The Kier molecular flexibility index (Phi) is 3.64. The molecule has 0 spiro atoms. The number of benzene rings is 1. The number of amides is 2. The summed E-state index contributed by atoms with van der Waals surface area (Å²) in [6, 6.07) is 7.54. The summed E-state index contributed by atoms with van der Waals surface area (Å²) < 4.78 is 2.12. The zero-order valence-corrected chi connectivity index (χ0v) is 13.2. The zero-order chi connectivity index (χ0) is 15.9. The van der Waals surface area contributed by atoms with E-state index in [1.165, 1.54) is 5.69 Å². The molecular formula is C17H21N3O2. The Bertz CT molecular complexity index is 748. The number of carbonyl (C=O) groups excluding carboxylic acids is 2. The van der Waals surface area contributed by atoms with Gasteiger partial charge in [-0.25, -0.2) is 0 Å². The van der Waals surface area contributed by atoms with E-state index in [9.17, 15) is 9.59 Å². The first-order valence-electron chi connectivity index (χ1n) is 7.64. The van der Waals surface area contributed by atoms with E-state index >= 15 is 0 Å². The average Bonchev–Trinajstić information content (AvgIpc) is 3.02. The third kappa shape index (κ3) is 2.47. The maximum Gasteiger partial charge on any atom is 0.246 e. The van der Waals surface area contributed by atoms with E-state index in [0.717, 1.165) is 23.0 Å². The van der Waals surface area contributed by atoms with Crippen LogP contribution in [-0.4, -0.2) is 33.9 Å². The van der Waals surface area contributed by atoms with Crippen LogP contribution in [0.25, 0.3) is 10.9 Å². The van der Waals surface area contributed by atoms with Crippen molar-refractivity contribution in [2.24, 2.45) is 7.05 Å². The van der Waals surface area contributed by atoms with Crippen molar-refractivity contribution in [2.45, 2.75) is 32.7 Å². The minimum atomic E-state index is -0.428. The van der Waals surface area contributed by atoms with Gasteiger partial charge in [0.15, 0.2) is 0 Å². The summed E-state index contributed by atoms with van der Waals surface area (Å²) in [5.74, 6) is -0.0703. The molecular weight excluding hydrogens is 278 g/mol. The Morgan fingerprint density at radius 3 is 2.77 bits per heavy atom. The van der Waals surface area contributed by atoms with Crippen molar-refractivity contribution < 1.29 is 9.59 Å². The molecule has 2 amide bonds. The van der Waals surface area contributed by atoms with Gasteiger partial charge in [-0.15, -0.1) is 0 Å². The van der Waals surface area contributed by atoms with Crippen molar-refractivity contribution in [3.8, 4) is 0 Å². The molecule has 1 aromatic carbocycles. The van der Waals surface area contributed by atoms with E-state index in [0.29, 0.717) is 13.0 Å². The first-order valence-corrected chi connectivity index (χ1v) is 7.64. The highest BCUT2D eigenvalue weighted by molar-refractivity contribution is 5.98. The van der Waals surface area contributed by atoms with Gasteiger partial charge in [0.05, 0.1) is 0 Å². The molecule has 0 saturated carbocycles. The molecule has 1 fully saturated rings. The molecule has 1 unspecified atom stereocenters. The Labute approximate surface area is 129 Å². The Hall–Kier alpha value is -2.30. The van der Waals surface area contributed by atoms with Crippen molar-refractivity contribution in [1.82, 2.24) is 9.47 Å². The summed E-state index contributed by atoms with van der Waals surface area (Å²) in [7, 11) is 2.02. The Morgan fingerprint density at radius 2 is 2.09 bits per heavy atom. The van der Waals surface area contributed by atoms with Crippen molar-refractivity contribution in [2.75, 3.05) is 11.9 Å². The number of carbonyl (C=O) groups is 2. The lowest BCUT2D eigenvalue weighted by molar-refractivity contribution is -0.134. The molecule has 5 nitrogen and oxygen atoms in total. The maximum atomic E-state index is 12.3. The number of hydrogen-bond donors (Lipinski definition) is 1. The molecule has 1 aromatic heterocycles. The molecule has 0 aliphatic carbocycles. The first-order chi connectivity index (χ1) is 10.5. The van der Waals surface area contributed by atoms with Crippen LogP contribution in [0.1, 0.15) is 25.5 Å². The van der Waals surface area contributed by atoms with E-state index < -0.39 is 6.04 Å². The van der Waals surface area contributed by atoms with E-state index in [1.54, 1.807) is 11.8 Å². The molecule has 0 bridgehead atoms. The SMILES string of the molecule is Cc1cc2cc(NC(=O)C(C)N3CCCC3=O)ccc2n1C. The minimum absolute atomic E-state index is 0.0665. The maximum absolute atomic E-state index is 12.3. The van der Waals surface area contributed by atoms with Crippen LogP contribution in [0, 0.1) is 6.92 Å². The number of rotatable bonds is 3. The molecule has 2 aromatic rings. The van der Waals surface area contributed by atoms with Crippen LogP contribution >= 0.6 is 0 Å². The van der Waals surface area contributed by atoms with Crippen LogP contribution in [0.2, 0.25) is 0 Å². The van der Waals surface area contributed by atoms with Gasteiger partial charge in [-0.3, -0.25) is 9.59 Å². The van der Waals surface area contributed by atoms with Crippen LogP contribution in [0.5, 0.6) is 0 Å². The largest absolute Gasteiger partial charge is 0.348 e. The van der Waals surface area contributed by atoms with Gasteiger partial charge in [-0.05, 0) is 44.5 Å². The topological polar surface area (TPSA) is 54.3 Å². The van der Waals surface area contributed by atoms with Crippen LogP contribution in [0.15, 0.2) is 24.3 Å². The number of fused-ring (bicyclic) bond motifs is 1. The van der Waals surface area contributed by atoms with Gasteiger partial charge in [0.1, 0.15) is 6.04 Å². The number of hydrogen-bond acceptors (Lipinski definition) is 2. The molecule has 1 atom stereocenters. The van der Waals surface area contributed by atoms with E-state index in [2.05, 4.69) is 22.9 Å². The number of aryl methyl sites for hydroxylation is 2. The molecule has 116 valence electrons. The molecule has 1 saturated heterocycles. The predicted octanol–water partition coefficient (Wildman–Crippen LogP) is 2.44. The number of nitrogens with zero attached hydrogens (tertiary/aromatic N) is 2. The standard InChI is InChI=1S/C17H21N3O2/c1-11-9-13-10-14(6-7-15(13)19(11)3)18-17(22)12(2)20-8-4-5-16(20)21/h6-7,9-10,12H,4-5,8H2,1-3H3,(H,18,22). The fourth-order valence-corrected chi connectivity index (χ4v) is 3.03. The van der Waals surface area contributed by atoms with Crippen LogP contribution in [0.3, 0.4) is 0 Å². The molecule has 0 radical (unpaired) electrons. The third-order valence-electron chi connectivity index (χ3n) is 4.51. The predicted molar refractivity (Wildman–Crippen MR) is 86.7 cm³/mol. The van der Waals surface area contributed by atoms with Crippen molar-refractivity contribution >= 4 is 28.4 Å². The summed E-state index contributed by atoms with van der Waals surface area (Å²) in [5.41, 5.74) is 3.08. The Morgan fingerprint density at radius 1 is 1.32 bits per heavy atom. The summed E-state index contributed by atoms with van der Waals surface area (Å²) in [6.07, 6.45) is 1.39. The Balaban J connectivity index is 1.77. The number of aromatic nitrogens is 1. The van der Waals surface area contributed by atoms with E-state index in [1.807, 2.05) is 25.2 Å². The fourth-order valence-electron chi connectivity index (χ4n) is 3.03. The van der Waals surface area contributed by atoms with Gasteiger partial charge >= 0.3 is 0 Å². The van der Waals surface area contributed by atoms with Gasteiger partial charge in [-0.2, -0.15) is 0 Å². The van der Waals surface area contributed by atoms with Gasteiger partial charge in [0.25, 0.3) is 0 Å². The summed E-state index contributed by atoms with van der Waals surface area (Å²) in [5, 5.41) is 4.02. The zero-order valence-electron chi connectivity index (χ0n) is 13.2. The highest BCUT2D eigenvalue weighted by Crippen LogP contribution is 2.23. The fraction of sp³-hybridized carbons (Fsp3) is 0.412. The number of anilines is 1. The van der Waals surface area contributed by atoms with E-state index in [4.69, 9.17) is 0 Å². The van der Waals surface area contributed by atoms with Crippen LogP contribution in [0.4, 0.5) is 5.69 Å². The molecule has 5 heteroatoms. The van der Waals surface area contributed by atoms with Crippen molar-refractivity contribution in [3.63, 3.8) is 0 Å². The molecule has 22 heavy (non-hydrogen) atoms. The highest BCUT2D eigenvalue weighted by Gasteiger charge is 2.29. The monoisotopic (exact) mass is 299 g/mol. The average molecular weight is 299 g/mol. The third-order valence-corrected chi connectivity index (χ3v) is 4.51. The number of likely N-dealkylation sites (tertiary alicyclic amines) is 1. The molecule has 1 aliphatic rings. The normalized spacial score (nSPS) is 16.3. The quantitative estimate of drug-likeness (QED) is 0.946. The summed E-state index contributed by atoms with van der Waals surface area (Å²) in [4.78, 5) is 25.7. The second kappa shape index (κ2) is 5.48. The molecule has 3 rings (SSSR count). The van der Waals surface area contributed by atoms with E-state index in [-0.39, 0.29) is 11.8 Å². The number of nitrogens with one attached hydrogen (secondary N) is 1. The summed E-state index contributed by atoms with van der Waals surface area (Å²) in [6.45, 7) is 4.51. The minimum Gasteiger partial charge on any atom is -0.348 e. The lowest BCUT2D eigenvalue weighted by Gasteiger charge is -2.23. The first kappa shape index (κ1) is 14.6. The molecule has 1 N–H and O–H groups in total.